The fourth-order valence-electron chi connectivity index (χ4n) is 4.52. The van der Waals surface area contributed by atoms with Gasteiger partial charge < -0.3 is 10.3 Å². The summed E-state index contributed by atoms with van der Waals surface area (Å²) >= 11 is 1.38. The summed E-state index contributed by atoms with van der Waals surface area (Å²) in [5, 5.41) is 4.99. The smallest absolute Gasteiger partial charge is 0.230 e. The second kappa shape index (κ2) is 10.8. The van der Waals surface area contributed by atoms with Gasteiger partial charge in [-0.05, 0) is 54.0 Å². The van der Waals surface area contributed by atoms with Gasteiger partial charge in [-0.2, -0.15) is 0 Å². The van der Waals surface area contributed by atoms with Crippen molar-refractivity contribution in [3.05, 3.63) is 78.8 Å². The van der Waals surface area contributed by atoms with Gasteiger partial charge in [-0.1, -0.05) is 54.2 Å². The molecular weight excluding hydrogens is 442 g/mol. The highest BCUT2D eigenvalue weighted by Gasteiger charge is 2.20. The van der Waals surface area contributed by atoms with Gasteiger partial charge in [0.15, 0.2) is 5.16 Å². The van der Waals surface area contributed by atoms with Gasteiger partial charge >= 0.3 is 0 Å². The molecule has 0 radical (unpaired) electrons. The number of likely N-dealkylation sites (tertiary alicyclic amines) is 1. The Balaban J connectivity index is 1.06. The maximum atomic E-state index is 12.4. The minimum atomic E-state index is 0.0371. The average Bonchev–Trinajstić information content (AvgIpc) is 3.35. The predicted octanol–water partition coefficient (Wildman–Crippen LogP) is 4.75. The molecule has 0 saturated carbocycles. The van der Waals surface area contributed by atoms with Crippen molar-refractivity contribution in [3.8, 4) is 11.1 Å². The molecule has 1 fully saturated rings. The maximum absolute atomic E-state index is 12.4. The van der Waals surface area contributed by atoms with Gasteiger partial charge in [0.25, 0.3) is 0 Å². The van der Waals surface area contributed by atoms with Crippen LogP contribution >= 0.6 is 11.8 Å². The van der Waals surface area contributed by atoms with E-state index in [1.807, 2.05) is 48.9 Å². The number of nitrogens with one attached hydrogen (secondary N) is 2. The Labute approximate surface area is 204 Å². The van der Waals surface area contributed by atoms with Crippen LogP contribution in [0.1, 0.15) is 18.4 Å². The highest BCUT2D eigenvalue weighted by Crippen LogP contribution is 2.21. The number of aromatic amines is 1. The number of fused-ring (bicyclic) bond motifs is 1. The van der Waals surface area contributed by atoms with E-state index in [4.69, 9.17) is 0 Å². The van der Waals surface area contributed by atoms with Crippen LogP contribution in [0, 0.1) is 5.92 Å². The molecule has 6 nitrogen and oxygen atoms in total. The standard InChI is InChI=1S/C27H29N5OS/c33-26(19-34-27-30-15-24(16-31-27)22-6-2-1-3-7-22)29-14-21-5-4-12-32(18-21)17-20-8-9-23-10-11-28-25(23)13-20/h1-3,6-11,13,15-16,21,28H,4-5,12,14,17-19H2,(H,29,33). The first-order valence-electron chi connectivity index (χ1n) is 11.8. The molecule has 1 aliphatic heterocycles. The van der Waals surface area contributed by atoms with Crippen molar-refractivity contribution in [1.82, 2.24) is 25.2 Å². The van der Waals surface area contributed by atoms with Gasteiger partial charge in [0, 0.05) is 49.3 Å². The summed E-state index contributed by atoms with van der Waals surface area (Å²) in [6.45, 7) is 3.80. The fourth-order valence-corrected chi connectivity index (χ4v) is 5.14. The Morgan fingerprint density at radius 1 is 1.09 bits per heavy atom. The zero-order valence-corrected chi connectivity index (χ0v) is 19.9. The van der Waals surface area contributed by atoms with Crippen molar-refractivity contribution in [2.24, 2.45) is 5.92 Å². The summed E-state index contributed by atoms with van der Waals surface area (Å²) in [5.41, 5.74) is 4.58. The molecule has 2 aromatic carbocycles. The zero-order chi connectivity index (χ0) is 23.2. The van der Waals surface area contributed by atoms with Crippen LogP contribution in [0.25, 0.3) is 22.0 Å². The van der Waals surface area contributed by atoms with E-state index in [1.165, 1.54) is 34.6 Å². The van der Waals surface area contributed by atoms with E-state index in [-0.39, 0.29) is 5.91 Å². The van der Waals surface area contributed by atoms with Crippen LogP contribution in [0.2, 0.25) is 0 Å². The van der Waals surface area contributed by atoms with Gasteiger partial charge in [0.2, 0.25) is 5.91 Å². The number of carbonyl (C=O) groups excluding carboxylic acids is 1. The van der Waals surface area contributed by atoms with Crippen LogP contribution in [0.3, 0.4) is 0 Å². The van der Waals surface area contributed by atoms with Gasteiger partial charge in [-0.25, -0.2) is 9.97 Å². The lowest BCUT2D eigenvalue weighted by molar-refractivity contribution is -0.118. The second-order valence-electron chi connectivity index (χ2n) is 8.86. The predicted molar refractivity (Wildman–Crippen MR) is 138 cm³/mol. The van der Waals surface area contributed by atoms with Crippen molar-refractivity contribution in [3.63, 3.8) is 0 Å². The highest BCUT2D eigenvalue weighted by atomic mass is 32.2. The van der Waals surface area contributed by atoms with E-state index >= 15 is 0 Å². The third kappa shape index (κ3) is 5.85. The number of hydrogen-bond acceptors (Lipinski definition) is 5. The molecule has 0 bridgehead atoms. The Morgan fingerprint density at radius 2 is 1.94 bits per heavy atom. The number of carbonyl (C=O) groups is 1. The highest BCUT2D eigenvalue weighted by molar-refractivity contribution is 7.99. The monoisotopic (exact) mass is 471 g/mol. The van der Waals surface area contributed by atoms with E-state index < -0.39 is 0 Å². The van der Waals surface area contributed by atoms with Crippen LogP contribution in [-0.4, -0.2) is 51.1 Å². The molecule has 1 unspecified atom stereocenters. The molecule has 0 spiro atoms. The van der Waals surface area contributed by atoms with Crippen molar-refractivity contribution < 1.29 is 4.79 Å². The Bertz CT molecular complexity index is 1220. The average molecular weight is 472 g/mol. The molecule has 3 heterocycles. The van der Waals surface area contributed by atoms with Crippen LogP contribution in [-0.2, 0) is 11.3 Å². The van der Waals surface area contributed by atoms with Crippen molar-refractivity contribution in [1.29, 1.82) is 0 Å². The first-order valence-corrected chi connectivity index (χ1v) is 12.8. The summed E-state index contributed by atoms with van der Waals surface area (Å²) in [5.74, 6) is 0.852. The topological polar surface area (TPSA) is 73.9 Å². The largest absolute Gasteiger partial charge is 0.361 e. The molecule has 1 amide bonds. The van der Waals surface area contributed by atoms with Gasteiger partial charge in [-0.3, -0.25) is 9.69 Å². The molecule has 1 saturated heterocycles. The normalized spacial score (nSPS) is 16.5. The minimum Gasteiger partial charge on any atom is -0.361 e. The minimum absolute atomic E-state index is 0.0371. The molecule has 174 valence electrons. The number of hydrogen-bond donors (Lipinski definition) is 2. The molecule has 0 aliphatic carbocycles. The second-order valence-corrected chi connectivity index (χ2v) is 9.80. The van der Waals surface area contributed by atoms with Crippen molar-refractivity contribution in [2.45, 2.75) is 24.5 Å². The summed E-state index contributed by atoms with van der Waals surface area (Å²) < 4.78 is 0. The van der Waals surface area contributed by atoms with Crippen molar-refractivity contribution in [2.75, 3.05) is 25.4 Å². The Kier molecular flexibility index (Phi) is 7.22. The Hall–Kier alpha value is -3.16. The lowest BCUT2D eigenvalue weighted by Crippen LogP contribution is -2.40. The van der Waals surface area contributed by atoms with Crippen molar-refractivity contribution >= 4 is 28.6 Å². The molecule has 2 aromatic heterocycles. The number of nitrogens with zero attached hydrogens (tertiary/aromatic N) is 3. The first kappa shape index (κ1) is 22.6. The molecule has 7 heteroatoms. The van der Waals surface area contributed by atoms with Gasteiger partial charge in [0.05, 0.1) is 5.75 Å². The third-order valence-corrected chi connectivity index (χ3v) is 7.16. The number of H-pyrrole nitrogens is 1. The molecule has 34 heavy (non-hydrogen) atoms. The Morgan fingerprint density at radius 3 is 2.79 bits per heavy atom. The molecule has 4 aromatic rings. The van der Waals surface area contributed by atoms with Crippen LogP contribution < -0.4 is 5.32 Å². The molecule has 2 N–H and O–H groups in total. The van der Waals surface area contributed by atoms with E-state index in [2.05, 4.69) is 49.4 Å². The quantitative estimate of drug-likeness (QED) is 0.287. The van der Waals surface area contributed by atoms with Crippen LogP contribution in [0.15, 0.2) is 78.3 Å². The molecule has 1 atom stereocenters. The number of aromatic nitrogens is 3. The summed E-state index contributed by atoms with van der Waals surface area (Å²) in [4.78, 5) is 27.0. The molecule has 5 rings (SSSR count). The van der Waals surface area contributed by atoms with E-state index in [0.29, 0.717) is 16.8 Å². The summed E-state index contributed by atoms with van der Waals surface area (Å²) in [7, 11) is 0. The number of benzene rings is 2. The number of thioether (sulfide) groups is 1. The number of rotatable bonds is 8. The zero-order valence-electron chi connectivity index (χ0n) is 19.1. The fraction of sp³-hybridized carbons (Fsp3) is 0.296. The van der Waals surface area contributed by atoms with Crippen LogP contribution in [0.5, 0.6) is 0 Å². The van der Waals surface area contributed by atoms with Gasteiger partial charge in [-0.15, -0.1) is 0 Å². The number of piperidine rings is 1. The number of amides is 1. The first-order chi connectivity index (χ1) is 16.7. The van der Waals surface area contributed by atoms with Gasteiger partial charge in [0.1, 0.15) is 0 Å². The lowest BCUT2D eigenvalue weighted by Gasteiger charge is -2.32. The van der Waals surface area contributed by atoms with E-state index in [0.717, 1.165) is 43.7 Å². The van der Waals surface area contributed by atoms with E-state index in [9.17, 15) is 4.79 Å². The maximum Gasteiger partial charge on any atom is 0.230 e. The van der Waals surface area contributed by atoms with Crippen LogP contribution in [0.4, 0.5) is 0 Å². The third-order valence-electron chi connectivity index (χ3n) is 6.28. The molecular formula is C27H29N5OS. The van der Waals surface area contributed by atoms with E-state index in [1.54, 1.807) is 0 Å². The summed E-state index contributed by atoms with van der Waals surface area (Å²) in [6.07, 6.45) is 7.93. The summed E-state index contributed by atoms with van der Waals surface area (Å²) in [6, 6.07) is 18.8. The lowest BCUT2D eigenvalue weighted by atomic mass is 9.97. The SMILES string of the molecule is O=C(CSc1ncc(-c2ccccc2)cn1)NCC1CCCN(Cc2ccc3cc[nH]c3c2)C1. The molecule has 1 aliphatic rings.